The number of hydrogen-bond donors (Lipinski definition) is 2. The normalized spacial score (nSPS) is 13.5. The third-order valence-corrected chi connectivity index (χ3v) is 2.16. The molecule has 6 nitrogen and oxygen atoms in total. The van der Waals surface area contributed by atoms with E-state index in [0.717, 1.165) is 5.56 Å². The molecule has 0 amide bonds. The van der Waals surface area contributed by atoms with Gasteiger partial charge in [0.25, 0.3) is 5.72 Å². The highest BCUT2D eigenvalue weighted by molar-refractivity contribution is 5.78. The van der Waals surface area contributed by atoms with E-state index in [9.17, 15) is 9.59 Å². The molecule has 0 heterocycles. The topological polar surface area (TPSA) is 102 Å². The van der Waals surface area contributed by atoms with Crippen LogP contribution in [-0.2, 0) is 20.9 Å². The first-order valence-electron chi connectivity index (χ1n) is 4.85. The summed E-state index contributed by atoms with van der Waals surface area (Å²) < 4.78 is 5.11. The van der Waals surface area contributed by atoms with Crippen LogP contribution in [-0.4, -0.2) is 29.4 Å². The Morgan fingerprint density at radius 3 is 2.59 bits per heavy atom. The minimum atomic E-state index is -2.06. The fourth-order valence-electron chi connectivity index (χ4n) is 1.18. The third-order valence-electron chi connectivity index (χ3n) is 2.16. The molecule has 0 aromatic heterocycles. The van der Waals surface area contributed by atoms with Gasteiger partial charge in [-0.05, 0) is 5.56 Å². The average Bonchev–Trinajstić information content (AvgIpc) is 2.35. The molecule has 0 aliphatic rings. The molecule has 90 valence electrons. The Bertz CT molecular complexity index is 424. The molecule has 1 aromatic rings. The van der Waals surface area contributed by atoms with Crippen molar-refractivity contribution in [2.45, 2.75) is 12.3 Å². The molecule has 1 aromatic carbocycles. The maximum Gasteiger partial charge on any atom is 0.361 e. The summed E-state index contributed by atoms with van der Waals surface area (Å²) in [5.74, 6) is -1.42. The zero-order valence-corrected chi connectivity index (χ0v) is 9.00. The molecule has 1 atom stereocenters. The SMILES string of the molecule is NC[C@](N=C=O)(OCc1ccccc1)C(=O)O. The van der Waals surface area contributed by atoms with E-state index in [0.29, 0.717) is 0 Å². The highest BCUT2D eigenvalue weighted by Gasteiger charge is 2.38. The molecule has 0 fully saturated rings. The van der Waals surface area contributed by atoms with Crippen LogP contribution < -0.4 is 5.73 Å². The quantitative estimate of drug-likeness (QED) is 0.545. The standard InChI is InChI=1S/C11H12N2O4/c12-7-11(10(15)16,13-8-14)17-6-9-4-2-1-3-5-9/h1-5H,6-7,12H2,(H,15,16)/t11-/m0/s1. The summed E-state index contributed by atoms with van der Waals surface area (Å²) in [4.78, 5) is 24.3. The summed E-state index contributed by atoms with van der Waals surface area (Å²) in [5.41, 5.74) is 3.98. The average molecular weight is 236 g/mol. The first-order chi connectivity index (χ1) is 8.14. The number of carboxylic acids is 1. The van der Waals surface area contributed by atoms with Gasteiger partial charge in [-0.15, -0.1) is 0 Å². The number of carbonyl (C=O) groups is 1. The van der Waals surface area contributed by atoms with E-state index in [1.807, 2.05) is 6.07 Å². The van der Waals surface area contributed by atoms with Crippen LogP contribution in [0, 0.1) is 0 Å². The van der Waals surface area contributed by atoms with Crippen molar-refractivity contribution in [2.24, 2.45) is 10.7 Å². The Morgan fingerprint density at radius 2 is 2.12 bits per heavy atom. The highest BCUT2D eigenvalue weighted by Crippen LogP contribution is 2.14. The molecule has 0 aliphatic carbocycles. The molecule has 0 saturated carbocycles. The maximum atomic E-state index is 11.0. The lowest BCUT2D eigenvalue weighted by atomic mass is 10.2. The van der Waals surface area contributed by atoms with Gasteiger partial charge in [-0.25, -0.2) is 9.59 Å². The number of carboxylic acid groups (broad SMARTS) is 1. The molecule has 0 unspecified atom stereocenters. The summed E-state index contributed by atoms with van der Waals surface area (Å²) in [6.45, 7) is -0.445. The van der Waals surface area contributed by atoms with Gasteiger partial charge in [-0.2, -0.15) is 4.99 Å². The van der Waals surface area contributed by atoms with E-state index in [1.54, 1.807) is 24.3 Å². The Morgan fingerprint density at radius 1 is 1.47 bits per heavy atom. The second-order valence-corrected chi connectivity index (χ2v) is 3.27. The molecular formula is C11H12N2O4. The number of aliphatic carboxylic acids is 1. The van der Waals surface area contributed by atoms with Crippen molar-refractivity contribution >= 4 is 12.0 Å². The predicted octanol–water partition coefficient (Wildman–Crippen LogP) is 0.279. The van der Waals surface area contributed by atoms with Gasteiger partial charge < -0.3 is 15.6 Å². The van der Waals surface area contributed by atoms with E-state index in [1.165, 1.54) is 6.08 Å². The molecule has 6 heteroatoms. The van der Waals surface area contributed by atoms with Gasteiger partial charge in [0.15, 0.2) is 0 Å². The maximum absolute atomic E-state index is 11.0. The van der Waals surface area contributed by atoms with Crippen molar-refractivity contribution < 1.29 is 19.4 Å². The van der Waals surface area contributed by atoms with Gasteiger partial charge in [0.05, 0.1) is 13.2 Å². The van der Waals surface area contributed by atoms with Crippen molar-refractivity contribution in [3.05, 3.63) is 35.9 Å². The highest BCUT2D eigenvalue weighted by atomic mass is 16.5. The second kappa shape index (κ2) is 5.91. The van der Waals surface area contributed by atoms with Crippen LogP contribution in [0.3, 0.4) is 0 Å². The molecule has 0 aliphatic heterocycles. The number of rotatable bonds is 6. The molecule has 0 bridgehead atoms. The Kier molecular flexibility index (Phi) is 4.54. The van der Waals surface area contributed by atoms with E-state index in [2.05, 4.69) is 4.99 Å². The first kappa shape index (κ1) is 13.1. The van der Waals surface area contributed by atoms with E-state index < -0.39 is 18.2 Å². The number of hydrogen-bond acceptors (Lipinski definition) is 5. The largest absolute Gasteiger partial charge is 0.478 e. The summed E-state index contributed by atoms with van der Waals surface area (Å²) in [7, 11) is 0. The van der Waals surface area contributed by atoms with Gasteiger partial charge in [0, 0.05) is 0 Å². The van der Waals surface area contributed by atoms with Gasteiger partial charge >= 0.3 is 5.97 Å². The van der Waals surface area contributed by atoms with Gasteiger partial charge in [-0.3, -0.25) is 0 Å². The molecule has 0 spiro atoms. The van der Waals surface area contributed by atoms with E-state index in [-0.39, 0.29) is 6.61 Å². The zero-order valence-electron chi connectivity index (χ0n) is 9.00. The number of benzene rings is 1. The fraction of sp³-hybridized carbons (Fsp3) is 0.273. The minimum Gasteiger partial charge on any atom is -0.478 e. The van der Waals surface area contributed by atoms with Gasteiger partial charge in [0.2, 0.25) is 6.08 Å². The van der Waals surface area contributed by atoms with E-state index >= 15 is 0 Å². The van der Waals surface area contributed by atoms with Crippen LogP contribution in [0.5, 0.6) is 0 Å². The lowest BCUT2D eigenvalue weighted by Crippen LogP contribution is -2.46. The lowest BCUT2D eigenvalue weighted by molar-refractivity contribution is -0.165. The van der Waals surface area contributed by atoms with Crippen molar-refractivity contribution in [3.8, 4) is 0 Å². The monoisotopic (exact) mass is 236 g/mol. The van der Waals surface area contributed by atoms with Crippen molar-refractivity contribution in [3.63, 3.8) is 0 Å². The minimum absolute atomic E-state index is 0.00444. The summed E-state index contributed by atoms with van der Waals surface area (Å²) >= 11 is 0. The molecule has 1 rings (SSSR count). The number of nitrogens with two attached hydrogens (primary N) is 1. The fourth-order valence-corrected chi connectivity index (χ4v) is 1.18. The lowest BCUT2D eigenvalue weighted by Gasteiger charge is -2.21. The van der Waals surface area contributed by atoms with Crippen molar-refractivity contribution in [1.29, 1.82) is 0 Å². The van der Waals surface area contributed by atoms with Gasteiger partial charge in [-0.1, -0.05) is 30.3 Å². The Labute approximate surface area is 97.7 Å². The molecule has 17 heavy (non-hydrogen) atoms. The van der Waals surface area contributed by atoms with Crippen LogP contribution in [0.15, 0.2) is 35.3 Å². The number of ether oxygens (including phenoxy) is 1. The molecular weight excluding hydrogens is 224 g/mol. The predicted molar refractivity (Wildman–Crippen MR) is 58.8 cm³/mol. The van der Waals surface area contributed by atoms with Crippen LogP contribution in [0.25, 0.3) is 0 Å². The summed E-state index contributed by atoms with van der Waals surface area (Å²) in [6.07, 6.45) is 1.17. The van der Waals surface area contributed by atoms with Crippen molar-refractivity contribution in [1.82, 2.24) is 0 Å². The Balaban J connectivity index is 2.81. The number of nitrogens with zero attached hydrogens (tertiary/aromatic N) is 1. The number of isocyanates is 1. The number of aliphatic imine (C=N–C) groups is 1. The Hall–Kier alpha value is -2.01. The smallest absolute Gasteiger partial charge is 0.361 e. The van der Waals surface area contributed by atoms with Crippen LogP contribution >= 0.6 is 0 Å². The van der Waals surface area contributed by atoms with Crippen LogP contribution in [0.2, 0.25) is 0 Å². The first-order valence-corrected chi connectivity index (χ1v) is 4.85. The van der Waals surface area contributed by atoms with Crippen LogP contribution in [0.4, 0.5) is 0 Å². The van der Waals surface area contributed by atoms with E-state index in [4.69, 9.17) is 15.6 Å². The van der Waals surface area contributed by atoms with Gasteiger partial charge in [0.1, 0.15) is 0 Å². The molecule has 0 radical (unpaired) electrons. The van der Waals surface area contributed by atoms with Crippen molar-refractivity contribution in [2.75, 3.05) is 6.54 Å². The molecule has 3 N–H and O–H groups in total. The number of carbonyl (C=O) groups excluding carboxylic acids is 1. The summed E-state index contributed by atoms with van der Waals surface area (Å²) in [5, 5.41) is 8.96. The third kappa shape index (κ3) is 3.22. The van der Waals surface area contributed by atoms with Crippen LogP contribution in [0.1, 0.15) is 5.56 Å². The summed E-state index contributed by atoms with van der Waals surface area (Å²) in [6, 6.07) is 8.90. The zero-order chi connectivity index (χ0) is 12.7. The second-order valence-electron chi connectivity index (χ2n) is 3.27. The molecule has 0 saturated heterocycles.